The van der Waals surface area contributed by atoms with E-state index in [1.165, 1.54) is 18.6 Å². The molecule has 3 aliphatic rings. The van der Waals surface area contributed by atoms with Crippen LogP contribution in [0.4, 0.5) is 0 Å². The van der Waals surface area contributed by atoms with Gasteiger partial charge >= 0.3 is 5.97 Å². The van der Waals surface area contributed by atoms with Gasteiger partial charge in [-0.1, -0.05) is 47.0 Å². The molecule has 6 heteroatoms. The zero-order chi connectivity index (χ0) is 23.0. The summed E-state index contributed by atoms with van der Waals surface area (Å²) in [7, 11) is 0. The quantitative estimate of drug-likeness (QED) is 0.398. The maximum absolute atomic E-state index is 13.9. The van der Waals surface area contributed by atoms with Crippen LogP contribution < -0.4 is 4.74 Å². The van der Waals surface area contributed by atoms with E-state index in [0.717, 1.165) is 32.1 Å². The summed E-state index contributed by atoms with van der Waals surface area (Å²) in [5.41, 5.74) is 0.742. The van der Waals surface area contributed by atoms with E-state index in [9.17, 15) is 9.59 Å². The molecule has 178 valence electrons. The molecule has 3 fully saturated rings. The summed E-state index contributed by atoms with van der Waals surface area (Å²) in [5, 5.41) is 5.04. The smallest absolute Gasteiger partial charge is 0.315 e. The molecule has 0 spiro atoms. The standard InChI is InChI=1S/C26H40N2O3S/c1-6-28-24(31-25(30)18-10-8-7-9-11-18)20(15-27-28)22(29)19-14-16(2)23-21(17(19)3)26(4,5)12-13-32-23/h15-19,21,23H,6-14H2,1-5H3. The number of ketones is 1. The van der Waals surface area contributed by atoms with Crippen molar-refractivity contribution in [2.24, 2.45) is 35.0 Å². The summed E-state index contributed by atoms with van der Waals surface area (Å²) in [4.78, 5) is 26.8. The van der Waals surface area contributed by atoms with Crippen LogP contribution in [0.1, 0.15) is 89.9 Å². The highest BCUT2D eigenvalue weighted by atomic mass is 32.2. The first-order valence-electron chi connectivity index (χ1n) is 12.7. The second-order valence-electron chi connectivity index (χ2n) is 11.1. The molecule has 4 rings (SSSR count). The van der Waals surface area contributed by atoms with Crippen molar-refractivity contribution in [3.63, 3.8) is 0 Å². The van der Waals surface area contributed by atoms with Crippen LogP contribution in [0.2, 0.25) is 0 Å². The van der Waals surface area contributed by atoms with E-state index in [4.69, 9.17) is 4.74 Å². The summed E-state index contributed by atoms with van der Waals surface area (Å²) in [6.45, 7) is 11.9. The fourth-order valence-electron chi connectivity index (χ4n) is 6.64. The Hall–Kier alpha value is -1.30. The Bertz CT molecular complexity index is 842. The van der Waals surface area contributed by atoms with E-state index in [-0.39, 0.29) is 29.0 Å². The van der Waals surface area contributed by atoms with Gasteiger partial charge in [-0.15, -0.1) is 0 Å². The van der Waals surface area contributed by atoms with Crippen LogP contribution in [0.5, 0.6) is 5.88 Å². The van der Waals surface area contributed by atoms with Crippen LogP contribution in [0.15, 0.2) is 6.20 Å². The van der Waals surface area contributed by atoms with Crippen LogP contribution >= 0.6 is 11.8 Å². The van der Waals surface area contributed by atoms with Gasteiger partial charge in [-0.2, -0.15) is 16.9 Å². The summed E-state index contributed by atoms with van der Waals surface area (Å²) in [5.74, 6) is 2.73. The number of esters is 1. The first kappa shape index (κ1) is 23.8. The van der Waals surface area contributed by atoms with Crippen molar-refractivity contribution < 1.29 is 14.3 Å². The van der Waals surface area contributed by atoms with Gasteiger partial charge in [0.05, 0.1) is 12.1 Å². The fourth-order valence-corrected chi connectivity index (χ4v) is 8.82. The number of nitrogens with zero attached hydrogens (tertiary/aromatic N) is 2. The van der Waals surface area contributed by atoms with E-state index in [1.807, 2.05) is 6.92 Å². The van der Waals surface area contributed by atoms with Crippen molar-refractivity contribution in [2.45, 2.75) is 91.4 Å². The minimum atomic E-state index is -0.191. The summed E-state index contributed by atoms with van der Waals surface area (Å²) in [6.07, 6.45) is 8.85. The third kappa shape index (κ3) is 4.41. The molecular formula is C26H40N2O3S. The van der Waals surface area contributed by atoms with Gasteiger partial charge in [0.25, 0.3) is 0 Å². The Morgan fingerprint density at radius 3 is 2.62 bits per heavy atom. The zero-order valence-electron chi connectivity index (χ0n) is 20.4. The Labute approximate surface area is 197 Å². The number of ether oxygens (including phenoxy) is 1. The third-order valence-corrected chi connectivity index (χ3v) is 10.1. The van der Waals surface area contributed by atoms with E-state index >= 15 is 0 Å². The molecule has 32 heavy (non-hydrogen) atoms. The number of aryl methyl sites for hydroxylation is 1. The lowest BCUT2D eigenvalue weighted by molar-refractivity contribution is -0.140. The van der Waals surface area contributed by atoms with Gasteiger partial charge < -0.3 is 4.74 Å². The molecule has 0 N–H and O–H groups in total. The molecule has 0 radical (unpaired) electrons. The number of hydrogen-bond donors (Lipinski definition) is 0. The second-order valence-corrected chi connectivity index (χ2v) is 12.4. The van der Waals surface area contributed by atoms with Crippen LogP contribution in [-0.4, -0.2) is 32.5 Å². The molecule has 5 unspecified atom stereocenters. The molecular weight excluding hydrogens is 420 g/mol. The number of Topliss-reactive ketones (excluding diaryl/α,β-unsaturated/α-hetero) is 1. The average molecular weight is 461 g/mol. The molecule has 0 aromatic carbocycles. The van der Waals surface area contributed by atoms with E-state index in [1.54, 1.807) is 10.9 Å². The molecule has 5 nitrogen and oxygen atoms in total. The molecule has 2 aliphatic carbocycles. The number of rotatable bonds is 5. The molecule has 2 heterocycles. The number of hydrogen-bond acceptors (Lipinski definition) is 5. The first-order valence-corrected chi connectivity index (χ1v) is 13.7. The van der Waals surface area contributed by atoms with Crippen molar-refractivity contribution in [2.75, 3.05) is 5.75 Å². The van der Waals surface area contributed by atoms with Crippen LogP contribution in [0, 0.1) is 35.0 Å². The van der Waals surface area contributed by atoms with E-state index in [0.29, 0.717) is 41.0 Å². The Morgan fingerprint density at radius 2 is 1.94 bits per heavy atom. The van der Waals surface area contributed by atoms with E-state index in [2.05, 4.69) is 44.6 Å². The van der Waals surface area contributed by atoms with Gasteiger partial charge in [0.2, 0.25) is 5.88 Å². The average Bonchev–Trinajstić information content (AvgIpc) is 3.18. The van der Waals surface area contributed by atoms with E-state index < -0.39 is 0 Å². The highest BCUT2D eigenvalue weighted by molar-refractivity contribution is 8.00. The van der Waals surface area contributed by atoms with Gasteiger partial charge in [-0.3, -0.25) is 9.59 Å². The summed E-state index contributed by atoms with van der Waals surface area (Å²) >= 11 is 2.11. The highest BCUT2D eigenvalue weighted by Gasteiger charge is 2.51. The SMILES string of the molecule is CCn1ncc(C(=O)C2CC(C)C3SCCC(C)(C)C3C2C)c1OC(=O)C1CCCCC1. The summed E-state index contributed by atoms with van der Waals surface area (Å²) in [6, 6.07) is 0. The van der Waals surface area contributed by atoms with Gasteiger partial charge in [0.15, 0.2) is 5.78 Å². The molecule has 1 aromatic heterocycles. The lowest BCUT2D eigenvalue weighted by atomic mass is 9.57. The van der Waals surface area contributed by atoms with Crippen LogP contribution in [-0.2, 0) is 11.3 Å². The molecule has 1 aromatic rings. The topological polar surface area (TPSA) is 61.2 Å². The van der Waals surface area contributed by atoms with Gasteiger partial charge in [-0.25, -0.2) is 4.68 Å². The first-order chi connectivity index (χ1) is 15.2. The Balaban J connectivity index is 1.59. The summed E-state index contributed by atoms with van der Waals surface area (Å²) < 4.78 is 7.58. The number of fused-ring (bicyclic) bond motifs is 1. The minimum Gasteiger partial charge on any atom is -0.407 e. The van der Waals surface area contributed by atoms with Crippen LogP contribution in [0.3, 0.4) is 0 Å². The number of aromatic nitrogens is 2. The number of thioether (sulfide) groups is 1. The van der Waals surface area contributed by atoms with Gasteiger partial charge in [0, 0.05) is 17.7 Å². The van der Waals surface area contributed by atoms with Crippen molar-refractivity contribution in [3.8, 4) is 5.88 Å². The van der Waals surface area contributed by atoms with Gasteiger partial charge in [0.1, 0.15) is 5.56 Å². The minimum absolute atomic E-state index is 0.0501. The lowest BCUT2D eigenvalue weighted by Crippen LogP contribution is -2.51. The van der Waals surface area contributed by atoms with Crippen LogP contribution in [0.25, 0.3) is 0 Å². The molecule has 1 aliphatic heterocycles. The lowest BCUT2D eigenvalue weighted by Gasteiger charge is -2.54. The number of carbonyl (C=O) groups excluding carboxylic acids is 2. The molecule has 5 atom stereocenters. The number of carbonyl (C=O) groups is 2. The molecule has 0 bridgehead atoms. The molecule has 2 saturated carbocycles. The molecule has 1 saturated heterocycles. The highest BCUT2D eigenvalue weighted by Crippen LogP contribution is 2.56. The Kier molecular flexibility index (Phi) is 7.09. The third-order valence-electron chi connectivity index (χ3n) is 8.53. The van der Waals surface area contributed by atoms with Crippen molar-refractivity contribution >= 4 is 23.5 Å². The predicted octanol–water partition coefficient (Wildman–Crippen LogP) is 6.01. The largest absolute Gasteiger partial charge is 0.407 e. The maximum atomic E-state index is 13.9. The van der Waals surface area contributed by atoms with Crippen molar-refractivity contribution in [3.05, 3.63) is 11.8 Å². The second kappa shape index (κ2) is 9.52. The molecule has 0 amide bonds. The van der Waals surface area contributed by atoms with Crippen molar-refractivity contribution in [1.29, 1.82) is 0 Å². The predicted molar refractivity (Wildman–Crippen MR) is 129 cm³/mol. The zero-order valence-corrected chi connectivity index (χ0v) is 21.2. The maximum Gasteiger partial charge on any atom is 0.315 e. The Morgan fingerprint density at radius 1 is 1.22 bits per heavy atom. The van der Waals surface area contributed by atoms with Crippen molar-refractivity contribution in [1.82, 2.24) is 9.78 Å². The van der Waals surface area contributed by atoms with Gasteiger partial charge in [-0.05, 0) is 61.5 Å². The normalized spacial score (nSPS) is 32.8. The fraction of sp³-hybridized carbons (Fsp3) is 0.808. The monoisotopic (exact) mass is 460 g/mol.